The highest BCUT2D eigenvalue weighted by atomic mass is 19.4. The molecule has 2 aromatic heterocycles. The smallest absolute Gasteiger partial charge is 0.382 e. The summed E-state index contributed by atoms with van der Waals surface area (Å²) in [6.45, 7) is 3.40. The normalized spacial score (nSPS) is 14.3. The Kier molecular flexibility index (Phi) is 8.85. The van der Waals surface area contributed by atoms with Gasteiger partial charge in [0.2, 0.25) is 5.91 Å². The van der Waals surface area contributed by atoms with Crippen molar-refractivity contribution in [3.05, 3.63) is 53.5 Å². The molecule has 2 aromatic rings. The van der Waals surface area contributed by atoms with Crippen LogP contribution >= 0.6 is 0 Å². The number of methoxy groups -OCH3 is 1. The Morgan fingerprint density at radius 2 is 1.94 bits per heavy atom. The minimum Gasteiger partial charge on any atom is -0.382 e. The number of pyridine rings is 2. The highest BCUT2D eigenvalue weighted by Crippen LogP contribution is 2.45. The van der Waals surface area contributed by atoms with Crippen LogP contribution in [0.15, 0.2) is 36.7 Å². The standard InChI is InChI=1S/C21H25F3N4O5/c1-13-10-17(11-18(26-13)27-15(3)29)14(2)20(21(22,23)24,32-9-8-31-4)33-28-19(30)16-6-5-7-25-12-16/h5-7,10-12,14H,8-9H2,1-4H3,(H,28,30)(H,26,27,29). The number of alkyl halides is 3. The van der Waals surface area contributed by atoms with Crippen LogP contribution in [0.1, 0.15) is 41.4 Å². The average molecular weight is 470 g/mol. The van der Waals surface area contributed by atoms with Crippen molar-refractivity contribution in [1.82, 2.24) is 15.4 Å². The van der Waals surface area contributed by atoms with Gasteiger partial charge in [-0.05, 0) is 36.8 Å². The number of rotatable bonds is 10. The molecule has 2 atom stereocenters. The van der Waals surface area contributed by atoms with Gasteiger partial charge in [-0.1, -0.05) is 6.92 Å². The largest absolute Gasteiger partial charge is 0.446 e. The third-order valence-corrected chi connectivity index (χ3v) is 4.57. The molecule has 33 heavy (non-hydrogen) atoms. The van der Waals surface area contributed by atoms with Crippen molar-refractivity contribution in [2.45, 2.75) is 38.7 Å². The Labute approximate surface area is 188 Å². The van der Waals surface area contributed by atoms with Crippen LogP contribution in [-0.4, -0.2) is 54.1 Å². The lowest BCUT2D eigenvalue weighted by Crippen LogP contribution is -2.57. The molecular formula is C21H25F3N4O5. The summed E-state index contributed by atoms with van der Waals surface area (Å²) in [5.74, 6) is -6.10. The maximum absolute atomic E-state index is 14.5. The van der Waals surface area contributed by atoms with Crippen molar-refractivity contribution >= 4 is 17.6 Å². The number of hydrogen-bond donors (Lipinski definition) is 2. The third-order valence-electron chi connectivity index (χ3n) is 4.57. The van der Waals surface area contributed by atoms with Gasteiger partial charge in [0.15, 0.2) is 0 Å². The fourth-order valence-electron chi connectivity index (χ4n) is 2.99. The number of hydroxylamine groups is 1. The Morgan fingerprint density at radius 3 is 2.52 bits per heavy atom. The summed E-state index contributed by atoms with van der Waals surface area (Å²) in [7, 11) is 1.30. The summed E-state index contributed by atoms with van der Waals surface area (Å²) in [5, 5.41) is 2.45. The van der Waals surface area contributed by atoms with Crippen LogP contribution in [0.2, 0.25) is 0 Å². The molecule has 9 nitrogen and oxygen atoms in total. The van der Waals surface area contributed by atoms with Crippen LogP contribution in [0.5, 0.6) is 0 Å². The molecule has 0 bridgehead atoms. The van der Waals surface area contributed by atoms with Gasteiger partial charge in [0.05, 0.1) is 18.8 Å². The van der Waals surface area contributed by atoms with Gasteiger partial charge >= 0.3 is 6.18 Å². The number of nitrogens with zero attached hydrogens (tertiary/aromatic N) is 2. The molecule has 0 saturated carbocycles. The van der Waals surface area contributed by atoms with Gasteiger partial charge in [-0.15, -0.1) is 0 Å². The molecule has 0 fully saturated rings. The number of ether oxygens (including phenoxy) is 2. The molecule has 0 aliphatic carbocycles. The first-order chi connectivity index (χ1) is 15.5. The van der Waals surface area contributed by atoms with E-state index < -0.39 is 36.3 Å². The highest BCUT2D eigenvalue weighted by Gasteiger charge is 2.63. The van der Waals surface area contributed by atoms with Gasteiger partial charge in [0.25, 0.3) is 11.7 Å². The molecule has 0 aliphatic heterocycles. The predicted molar refractivity (Wildman–Crippen MR) is 111 cm³/mol. The molecule has 0 saturated heterocycles. The van der Waals surface area contributed by atoms with E-state index in [0.717, 1.165) is 0 Å². The van der Waals surface area contributed by atoms with E-state index in [0.29, 0.717) is 5.69 Å². The van der Waals surface area contributed by atoms with E-state index in [9.17, 15) is 22.8 Å². The van der Waals surface area contributed by atoms with Crippen LogP contribution in [0.4, 0.5) is 19.0 Å². The van der Waals surface area contributed by atoms with E-state index in [1.54, 1.807) is 6.92 Å². The van der Waals surface area contributed by atoms with E-state index in [1.807, 2.05) is 5.48 Å². The number of aryl methyl sites for hydroxylation is 1. The Morgan fingerprint density at radius 1 is 1.21 bits per heavy atom. The zero-order valence-electron chi connectivity index (χ0n) is 18.5. The zero-order valence-corrected chi connectivity index (χ0v) is 18.5. The van der Waals surface area contributed by atoms with E-state index in [1.165, 1.54) is 57.6 Å². The Balaban J connectivity index is 2.46. The quantitative estimate of drug-likeness (QED) is 0.312. The van der Waals surface area contributed by atoms with Crippen molar-refractivity contribution in [2.75, 3.05) is 25.6 Å². The maximum atomic E-state index is 14.5. The minimum absolute atomic E-state index is 0.00850. The van der Waals surface area contributed by atoms with E-state index in [4.69, 9.17) is 14.3 Å². The number of nitrogens with one attached hydrogen (secondary N) is 2. The maximum Gasteiger partial charge on any atom is 0.446 e. The topological polar surface area (TPSA) is 112 Å². The summed E-state index contributed by atoms with van der Waals surface area (Å²) in [4.78, 5) is 36.6. The second kappa shape index (κ2) is 11.2. The van der Waals surface area contributed by atoms with Gasteiger partial charge in [0.1, 0.15) is 5.82 Å². The molecule has 180 valence electrons. The fourth-order valence-corrected chi connectivity index (χ4v) is 2.99. The fraction of sp³-hybridized carbons (Fsp3) is 0.429. The number of aromatic nitrogens is 2. The van der Waals surface area contributed by atoms with Gasteiger partial charge in [0, 0.05) is 38.0 Å². The predicted octanol–water partition coefficient (Wildman–Crippen LogP) is 3.13. The number of hydrogen-bond acceptors (Lipinski definition) is 7. The van der Waals surface area contributed by atoms with Crippen LogP contribution in [0, 0.1) is 6.92 Å². The first-order valence-electron chi connectivity index (χ1n) is 9.84. The summed E-state index contributed by atoms with van der Waals surface area (Å²) in [6, 6.07) is 5.50. The molecule has 2 N–H and O–H groups in total. The number of anilines is 1. The number of carbonyl (C=O) groups is 2. The Hall–Kier alpha value is -3.09. The van der Waals surface area contributed by atoms with Crippen molar-refractivity contribution < 1.29 is 37.1 Å². The van der Waals surface area contributed by atoms with Crippen LogP contribution in [0.3, 0.4) is 0 Å². The van der Waals surface area contributed by atoms with Crippen LogP contribution < -0.4 is 10.8 Å². The highest BCUT2D eigenvalue weighted by molar-refractivity contribution is 5.93. The number of amides is 2. The third kappa shape index (κ3) is 6.70. The minimum atomic E-state index is -5.09. The molecule has 0 radical (unpaired) electrons. The lowest BCUT2D eigenvalue weighted by molar-refractivity contribution is -0.401. The molecule has 0 spiro atoms. The first kappa shape index (κ1) is 26.2. The average Bonchev–Trinajstić information content (AvgIpc) is 2.74. The summed E-state index contributed by atoms with van der Waals surface area (Å²) < 4.78 is 53.4. The summed E-state index contributed by atoms with van der Waals surface area (Å²) >= 11 is 0. The van der Waals surface area contributed by atoms with Crippen molar-refractivity contribution in [3.8, 4) is 0 Å². The van der Waals surface area contributed by atoms with Crippen LogP contribution in [0.25, 0.3) is 0 Å². The second-order valence-electron chi connectivity index (χ2n) is 7.11. The summed E-state index contributed by atoms with van der Waals surface area (Å²) in [6.07, 6.45) is -2.51. The monoisotopic (exact) mass is 470 g/mol. The number of carbonyl (C=O) groups excluding carboxylic acids is 2. The SMILES string of the molecule is COCCOC(ONC(=O)c1cccnc1)(C(C)c1cc(C)nc(NC(C)=O)c1)C(F)(F)F. The van der Waals surface area contributed by atoms with Crippen molar-refractivity contribution in [3.63, 3.8) is 0 Å². The molecule has 2 unspecified atom stereocenters. The van der Waals surface area contributed by atoms with Gasteiger partial charge in [-0.3, -0.25) is 14.6 Å². The van der Waals surface area contributed by atoms with E-state index >= 15 is 0 Å². The molecular weight excluding hydrogens is 445 g/mol. The van der Waals surface area contributed by atoms with Crippen LogP contribution in [-0.2, 0) is 19.1 Å². The molecule has 2 heterocycles. The first-order valence-corrected chi connectivity index (χ1v) is 9.84. The number of halogens is 3. The lowest BCUT2D eigenvalue weighted by atomic mass is 9.91. The van der Waals surface area contributed by atoms with Crippen molar-refractivity contribution in [1.29, 1.82) is 0 Å². The second-order valence-corrected chi connectivity index (χ2v) is 7.11. The van der Waals surface area contributed by atoms with Gasteiger partial charge in [-0.2, -0.15) is 13.2 Å². The van der Waals surface area contributed by atoms with Crippen molar-refractivity contribution in [2.24, 2.45) is 0 Å². The molecule has 12 heteroatoms. The molecule has 2 amide bonds. The summed E-state index contributed by atoms with van der Waals surface area (Å²) in [5.41, 5.74) is 2.29. The molecule has 2 rings (SSSR count). The molecule has 0 aliphatic rings. The Bertz CT molecular complexity index is 959. The molecule has 0 aromatic carbocycles. The van der Waals surface area contributed by atoms with Gasteiger partial charge < -0.3 is 14.8 Å². The zero-order chi connectivity index (χ0) is 24.6. The van der Waals surface area contributed by atoms with Gasteiger partial charge in [-0.25, -0.2) is 15.3 Å². The lowest BCUT2D eigenvalue weighted by Gasteiger charge is -2.39. The van der Waals surface area contributed by atoms with E-state index in [-0.39, 0.29) is 23.6 Å². The van der Waals surface area contributed by atoms with E-state index in [2.05, 4.69) is 15.3 Å².